The number of amides is 4. The maximum Gasteiger partial charge on any atom is 0.319 e. The zero-order chi connectivity index (χ0) is 29.2. The van der Waals surface area contributed by atoms with Gasteiger partial charge in [-0.05, 0) is 50.5 Å². The number of ether oxygens (including phenoxy) is 1. The Morgan fingerprint density at radius 2 is 1.80 bits per heavy atom. The van der Waals surface area contributed by atoms with Crippen LogP contribution in [-0.4, -0.2) is 77.4 Å². The first-order valence-corrected chi connectivity index (χ1v) is 14.3. The summed E-state index contributed by atoms with van der Waals surface area (Å²) in [6.07, 6.45) is 4.74. The smallest absolute Gasteiger partial charge is 0.319 e. The van der Waals surface area contributed by atoms with E-state index in [9.17, 15) is 19.2 Å². The lowest BCUT2D eigenvalue weighted by molar-refractivity contribution is -0.143. The monoisotopic (exact) mass is 561 g/mol. The molecule has 1 fully saturated rings. The zero-order valence-corrected chi connectivity index (χ0v) is 23.8. The lowest BCUT2D eigenvalue weighted by Gasteiger charge is -2.40. The van der Waals surface area contributed by atoms with E-state index in [1.54, 1.807) is 6.92 Å². The van der Waals surface area contributed by atoms with Crippen LogP contribution in [-0.2, 0) is 20.7 Å². The average Bonchev–Trinajstić information content (AvgIpc) is 3.38. The normalized spacial score (nSPS) is 15.0. The summed E-state index contributed by atoms with van der Waals surface area (Å²) in [4.78, 5) is 56.9. The summed E-state index contributed by atoms with van der Waals surface area (Å²) >= 11 is 0. The number of aromatic nitrogens is 1. The molecular formula is C31H39N5O5. The van der Waals surface area contributed by atoms with Crippen molar-refractivity contribution in [1.82, 2.24) is 20.1 Å². The van der Waals surface area contributed by atoms with E-state index >= 15 is 0 Å². The molecule has 1 aliphatic rings. The molecule has 1 saturated heterocycles. The van der Waals surface area contributed by atoms with Crippen molar-refractivity contribution in [2.45, 2.75) is 52.0 Å². The van der Waals surface area contributed by atoms with Gasteiger partial charge in [0.05, 0.1) is 24.2 Å². The Labute approximate surface area is 240 Å². The van der Waals surface area contributed by atoms with Gasteiger partial charge in [0, 0.05) is 55.8 Å². The van der Waals surface area contributed by atoms with Crippen LogP contribution in [0.1, 0.15) is 55.5 Å². The third-order valence-electron chi connectivity index (χ3n) is 7.30. The van der Waals surface area contributed by atoms with Crippen LogP contribution < -0.4 is 10.6 Å². The zero-order valence-electron chi connectivity index (χ0n) is 23.8. The number of fused-ring (bicyclic) bond motifs is 1. The molecule has 10 nitrogen and oxygen atoms in total. The number of unbranched alkanes of at least 4 members (excludes halogenated alkanes) is 2. The van der Waals surface area contributed by atoms with Crippen LogP contribution >= 0.6 is 0 Å². The maximum absolute atomic E-state index is 13.3. The summed E-state index contributed by atoms with van der Waals surface area (Å²) in [6, 6.07) is 14.4. The SMILES string of the molecule is CCOC(=O)CCCCCNC(=O)Nc1cccc2c(CC(=O)N3CCN(C(=O)c4ccccc4)CC3C)c[nH]c12. The molecule has 4 rings (SSSR count). The lowest BCUT2D eigenvalue weighted by Crippen LogP contribution is -2.55. The van der Waals surface area contributed by atoms with E-state index in [2.05, 4.69) is 15.6 Å². The van der Waals surface area contributed by atoms with Gasteiger partial charge in [-0.2, -0.15) is 0 Å². The van der Waals surface area contributed by atoms with Crippen LogP contribution in [0, 0.1) is 0 Å². The summed E-state index contributed by atoms with van der Waals surface area (Å²) < 4.78 is 4.92. The number of aromatic amines is 1. The topological polar surface area (TPSA) is 124 Å². The fourth-order valence-electron chi connectivity index (χ4n) is 5.18. The highest BCUT2D eigenvalue weighted by molar-refractivity contribution is 6.02. The summed E-state index contributed by atoms with van der Waals surface area (Å²) in [5, 5.41) is 6.61. The van der Waals surface area contributed by atoms with Crippen molar-refractivity contribution in [2.24, 2.45) is 0 Å². The van der Waals surface area contributed by atoms with E-state index in [0.29, 0.717) is 50.5 Å². The van der Waals surface area contributed by atoms with Gasteiger partial charge in [0.25, 0.3) is 5.91 Å². The molecule has 2 heterocycles. The van der Waals surface area contributed by atoms with Crippen molar-refractivity contribution in [2.75, 3.05) is 38.1 Å². The molecule has 1 aliphatic heterocycles. The molecule has 0 saturated carbocycles. The van der Waals surface area contributed by atoms with E-state index in [4.69, 9.17) is 4.74 Å². The molecule has 1 atom stereocenters. The first-order valence-electron chi connectivity index (χ1n) is 14.3. The van der Waals surface area contributed by atoms with Gasteiger partial charge in [-0.3, -0.25) is 14.4 Å². The standard InChI is InChI=1S/C31H39N5O5/c1-3-41-28(38)15-8-5-9-16-32-31(40)34-26-14-10-13-25-24(20-33-29(25)26)19-27(37)36-18-17-35(21-22(36)2)30(39)23-11-6-4-7-12-23/h4,6-7,10-14,20,22,33H,3,5,8-9,15-19,21H2,1-2H3,(H2,32,34,40). The van der Waals surface area contributed by atoms with Gasteiger partial charge in [-0.1, -0.05) is 36.8 Å². The van der Waals surface area contributed by atoms with E-state index in [-0.39, 0.29) is 36.3 Å². The molecule has 41 heavy (non-hydrogen) atoms. The second-order valence-electron chi connectivity index (χ2n) is 10.3. The first-order chi connectivity index (χ1) is 19.9. The first kappa shape index (κ1) is 29.6. The van der Waals surface area contributed by atoms with E-state index < -0.39 is 0 Å². The highest BCUT2D eigenvalue weighted by Crippen LogP contribution is 2.26. The summed E-state index contributed by atoms with van der Waals surface area (Å²) in [7, 11) is 0. The Morgan fingerprint density at radius 1 is 1.00 bits per heavy atom. The van der Waals surface area contributed by atoms with Crippen molar-refractivity contribution in [3.8, 4) is 0 Å². The van der Waals surface area contributed by atoms with Gasteiger partial charge in [-0.25, -0.2) is 4.79 Å². The molecule has 0 aliphatic carbocycles. The molecule has 0 spiro atoms. The van der Waals surface area contributed by atoms with Gasteiger partial charge in [0.15, 0.2) is 0 Å². The third kappa shape index (κ3) is 7.87. The molecule has 1 aromatic heterocycles. The summed E-state index contributed by atoms with van der Waals surface area (Å²) in [6.45, 7) is 6.11. The number of hydrogen-bond donors (Lipinski definition) is 3. The van der Waals surface area contributed by atoms with Crippen LogP contribution in [0.4, 0.5) is 10.5 Å². The van der Waals surface area contributed by atoms with Gasteiger partial charge >= 0.3 is 12.0 Å². The molecule has 3 N–H and O–H groups in total. The number of nitrogens with one attached hydrogen (secondary N) is 3. The molecule has 0 bridgehead atoms. The predicted molar refractivity (Wildman–Crippen MR) is 158 cm³/mol. The Morgan fingerprint density at radius 3 is 2.56 bits per heavy atom. The number of nitrogens with zero attached hydrogens (tertiary/aromatic N) is 2. The second kappa shape index (κ2) is 14.3. The number of hydrogen-bond acceptors (Lipinski definition) is 5. The quantitative estimate of drug-likeness (QED) is 0.238. The highest BCUT2D eigenvalue weighted by Gasteiger charge is 2.30. The van der Waals surface area contributed by atoms with E-state index in [1.165, 1.54) is 0 Å². The molecular weight excluding hydrogens is 522 g/mol. The third-order valence-corrected chi connectivity index (χ3v) is 7.30. The fourth-order valence-corrected chi connectivity index (χ4v) is 5.18. The number of H-pyrrole nitrogens is 1. The molecule has 2 aromatic carbocycles. The number of piperazine rings is 1. The van der Waals surface area contributed by atoms with Crippen LogP contribution in [0.5, 0.6) is 0 Å². The van der Waals surface area contributed by atoms with Crippen molar-refractivity contribution in [1.29, 1.82) is 0 Å². The highest BCUT2D eigenvalue weighted by atomic mass is 16.5. The number of carbonyl (C=O) groups excluding carboxylic acids is 4. The predicted octanol–water partition coefficient (Wildman–Crippen LogP) is 4.33. The van der Waals surface area contributed by atoms with Gasteiger partial charge in [0.2, 0.25) is 5.91 Å². The Kier molecular flexibility index (Phi) is 10.4. The van der Waals surface area contributed by atoms with Gasteiger partial charge in [-0.15, -0.1) is 0 Å². The number of anilines is 1. The summed E-state index contributed by atoms with van der Waals surface area (Å²) in [5.74, 6) is -0.200. The minimum Gasteiger partial charge on any atom is -0.466 e. The van der Waals surface area contributed by atoms with Gasteiger partial charge < -0.3 is 30.2 Å². The van der Waals surface area contributed by atoms with Crippen molar-refractivity contribution < 1.29 is 23.9 Å². The van der Waals surface area contributed by atoms with E-state index in [0.717, 1.165) is 35.7 Å². The molecule has 1 unspecified atom stereocenters. The molecule has 4 amide bonds. The minimum absolute atomic E-state index is 0.00396. The Balaban J connectivity index is 1.27. The average molecular weight is 562 g/mol. The number of carbonyl (C=O) groups is 4. The van der Waals surface area contributed by atoms with Crippen molar-refractivity contribution >= 4 is 40.4 Å². The van der Waals surface area contributed by atoms with Crippen LogP contribution in [0.25, 0.3) is 10.9 Å². The molecule has 3 aromatic rings. The Hall–Kier alpha value is -4.34. The lowest BCUT2D eigenvalue weighted by atomic mass is 10.1. The van der Waals surface area contributed by atoms with Crippen LogP contribution in [0.3, 0.4) is 0 Å². The number of urea groups is 1. The number of rotatable bonds is 11. The fraction of sp³-hybridized carbons (Fsp3) is 0.419. The van der Waals surface area contributed by atoms with E-state index in [1.807, 2.05) is 71.5 Å². The number of para-hydroxylation sites is 1. The number of esters is 1. The molecule has 0 radical (unpaired) electrons. The minimum atomic E-state index is -0.313. The molecule has 10 heteroatoms. The second-order valence-corrected chi connectivity index (χ2v) is 10.3. The molecule has 218 valence electrons. The maximum atomic E-state index is 13.3. The summed E-state index contributed by atoms with van der Waals surface area (Å²) in [5.41, 5.74) is 2.89. The van der Waals surface area contributed by atoms with Gasteiger partial charge in [0.1, 0.15) is 0 Å². The van der Waals surface area contributed by atoms with Crippen LogP contribution in [0.15, 0.2) is 54.7 Å². The Bertz CT molecular complexity index is 1360. The van der Waals surface area contributed by atoms with Crippen molar-refractivity contribution in [3.63, 3.8) is 0 Å². The van der Waals surface area contributed by atoms with Crippen molar-refractivity contribution in [3.05, 3.63) is 65.9 Å². The number of benzene rings is 2. The van der Waals surface area contributed by atoms with Crippen LogP contribution in [0.2, 0.25) is 0 Å². The largest absolute Gasteiger partial charge is 0.466 e.